The van der Waals surface area contributed by atoms with Crippen LogP contribution in [0.15, 0.2) is 18.2 Å². The van der Waals surface area contributed by atoms with Gasteiger partial charge >= 0.3 is 0 Å². The Bertz CT molecular complexity index is 496. The molecule has 2 nitrogen and oxygen atoms in total. The molecule has 2 heteroatoms. The van der Waals surface area contributed by atoms with Gasteiger partial charge in [0.2, 0.25) is 0 Å². The number of rotatable bonds is 3. The second-order valence-corrected chi connectivity index (χ2v) is 7.11. The highest BCUT2D eigenvalue weighted by Gasteiger charge is 2.35. The third-order valence-electron chi connectivity index (χ3n) is 5.66. The minimum absolute atomic E-state index is 0.253. The Hall–Kier alpha value is -1.02. The molecule has 2 atom stereocenters. The largest absolute Gasteiger partial charge is 0.365 e. The van der Waals surface area contributed by atoms with E-state index in [9.17, 15) is 0 Å². The zero-order valence-electron chi connectivity index (χ0n) is 13.9. The number of hydrogen-bond acceptors (Lipinski definition) is 2. The summed E-state index contributed by atoms with van der Waals surface area (Å²) in [7, 11) is 0. The second-order valence-electron chi connectivity index (χ2n) is 7.11. The van der Waals surface area contributed by atoms with E-state index in [2.05, 4.69) is 49.2 Å². The first kappa shape index (κ1) is 14.9. The molecule has 21 heavy (non-hydrogen) atoms. The summed E-state index contributed by atoms with van der Waals surface area (Å²) in [6.07, 6.45) is 7.68. The van der Waals surface area contributed by atoms with Gasteiger partial charge in [-0.15, -0.1) is 0 Å². The number of anilines is 1. The van der Waals surface area contributed by atoms with E-state index in [0.29, 0.717) is 6.04 Å². The van der Waals surface area contributed by atoms with Gasteiger partial charge in [0.1, 0.15) is 0 Å². The number of hydrogen-bond donors (Lipinski definition) is 1. The smallest absolute Gasteiger partial charge is 0.0413 e. The third kappa shape index (κ3) is 2.83. The fourth-order valence-electron chi connectivity index (χ4n) is 3.95. The van der Waals surface area contributed by atoms with Crippen LogP contribution < -0.4 is 10.2 Å². The first-order chi connectivity index (χ1) is 10.2. The minimum Gasteiger partial charge on any atom is -0.365 e. The molecule has 1 aliphatic heterocycles. The van der Waals surface area contributed by atoms with Crippen LogP contribution in [-0.4, -0.2) is 24.7 Å². The molecule has 116 valence electrons. The van der Waals surface area contributed by atoms with Crippen LogP contribution in [0.25, 0.3) is 0 Å². The summed E-state index contributed by atoms with van der Waals surface area (Å²) in [5, 5.41) is 3.78. The zero-order valence-corrected chi connectivity index (χ0v) is 13.9. The van der Waals surface area contributed by atoms with Crippen molar-refractivity contribution in [3.8, 4) is 0 Å². The Morgan fingerprint density at radius 2 is 2.05 bits per heavy atom. The maximum absolute atomic E-state index is 3.78. The summed E-state index contributed by atoms with van der Waals surface area (Å²) in [5.41, 5.74) is 5.02. The van der Waals surface area contributed by atoms with Gasteiger partial charge in [-0.25, -0.2) is 0 Å². The Morgan fingerprint density at radius 1 is 1.24 bits per heavy atom. The van der Waals surface area contributed by atoms with Gasteiger partial charge in [0.15, 0.2) is 0 Å². The van der Waals surface area contributed by atoms with Gasteiger partial charge in [-0.3, -0.25) is 0 Å². The van der Waals surface area contributed by atoms with E-state index >= 15 is 0 Å². The van der Waals surface area contributed by atoms with Crippen molar-refractivity contribution in [2.45, 2.75) is 70.9 Å². The van der Waals surface area contributed by atoms with E-state index in [1.165, 1.54) is 44.2 Å². The molecular formula is C19H30N2. The van der Waals surface area contributed by atoms with E-state index in [4.69, 9.17) is 0 Å². The van der Waals surface area contributed by atoms with Gasteiger partial charge in [-0.05, 0) is 62.6 Å². The monoisotopic (exact) mass is 286 g/mol. The van der Waals surface area contributed by atoms with Gasteiger partial charge < -0.3 is 10.2 Å². The minimum atomic E-state index is 0.253. The summed E-state index contributed by atoms with van der Waals surface area (Å²) in [6, 6.07) is 7.63. The number of benzene rings is 1. The molecule has 1 aliphatic carbocycles. The highest BCUT2D eigenvalue weighted by molar-refractivity contribution is 5.59. The van der Waals surface area contributed by atoms with Crippen LogP contribution in [0, 0.1) is 0 Å². The fraction of sp³-hybridized carbons (Fsp3) is 0.684. The first-order valence-corrected chi connectivity index (χ1v) is 8.79. The van der Waals surface area contributed by atoms with Crippen LogP contribution in [0.3, 0.4) is 0 Å². The maximum atomic E-state index is 3.78. The number of nitrogens with zero attached hydrogens (tertiary/aromatic N) is 1. The highest BCUT2D eigenvalue weighted by atomic mass is 15.3. The lowest BCUT2D eigenvalue weighted by Gasteiger charge is -2.48. The lowest BCUT2D eigenvalue weighted by Crippen LogP contribution is -2.63. The molecule has 0 amide bonds. The summed E-state index contributed by atoms with van der Waals surface area (Å²) in [5.74, 6) is 0. The predicted molar refractivity (Wildman–Crippen MR) is 91.2 cm³/mol. The van der Waals surface area contributed by atoms with Crippen molar-refractivity contribution in [3.05, 3.63) is 29.3 Å². The summed E-state index contributed by atoms with van der Waals surface area (Å²) in [6.45, 7) is 9.26. The van der Waals surface area contributed by atoms with Crippen molar-refractivity contribution in [2.24, 2.45) is 0 Å². The molecule has 1 aromatic rings. The summed E-state index contributed by atoms with van der Waals surface area (Å²) >= 11 is 0. The lowest BCUT2D eigenvalue weighted by atomic mass is 9.87. The zero-order chi connectivity index (χ0) is 14.9. The van der Waals surface area contributed by atoms with Crippen LogP contribution in [0.2, 0.25) is 0 Å². The average molecular weight is 286 g/mol. The van der Waals surface area contributed by atoms with Crippen LogP contribution in [0.5, 0.6) is 0 Å². The molecular weight excluding hydrogens is 256 g/mol. The van der Waals surface area contributed by atoms with Crippen LogP contribution in [-0.2, 0) is 12.8 Å². The molecule has 0 bridgehead atoms. The summed E-state index contributed by atoms with van der Waals surface area (Å²) < 4.78 is 0. The van der Waals surface area contributed by atoms with Crippen molar-refractivity contribution in [3.63, 3.8) is 0 Å². The van der Waals surface area contributed by atoms with Gasteiger partial charge in [0.05, 0.1) is 0 Å². The third-order valence-corrected chi connectivity index (χ3v) is 5.66. The van der Waals surface area contributed by atoms with Gasteiger partial charge in [0, 0.05) is 30.4 Å². The first-order valence-electron chi connectivity index (χ1n) is 8.79. The quantitative estimate of drug-likeness (QED) is 0.906. The maximum Gasteiger partial charge on any atom is 0.0413 e. The normalized spacial score (nSPS) is 29.3. The Morgan fingerprint density at radius 3 is 2.81 bits per heavy atom. The lowest BCUT2D eigenvalue weighted by molar-refractivity contribution is 0.275. The predicted octanol–water partition coefficient (Wildman–Crippen LogP) is 3.92. The van der Waals surface area contributed by atoms with E-state index in [-0.39, 0.29) is 5.54 Å². The number of aryl methyl sites for hydroxylation is 1. The van der Waals surface area contributed by atoms with Crippen molar-refractivity contribution in [1.29, 1.82) is 0 Å². The molecule has 0 spiro atoms. The van der Waals surface area contributed by atoms with E-state index in [0.717, 1.165) is 13.1 Å². The topological polar surface area (TPSA) is 15.3 Å². The highest BCUT2D eigenvalue weighted by Crippen LogP contribution is 2.34. The number of fused-ring (bicyclic) bond motifs is 1. The van der Waals surface area contributed by atoms with E-state index < -0.39 is 0 Å². The van der Waals surface area contributed by atoms with Crippen LogP contribution >= 0.6 is 0 Å². The molecule has 0 radical (unpaired) electrons. The van der Waals surface area contributed by atoms with Crippen molar-refractivity contribution < 1.29 is 0 Å². The van der Waals surface area contributed by atoms with Crippen molar-refractivity contribution in [2.75, 3.05) is 18.0 Å². The summed E-state index contributed by atoms with van der Waals surface area (Å²) in [4.78, 5) is 2.71. The molecule has 2 aliphatic rings. The van der Waals surface area contributed by atoms with Crippen LogP contribution in [0.4, 0.5) is 5.69 Å². The molecule has 0 aromatic heterocycles. The van der Waals surface area contributed by atoms with E-state index in [1.807, 2.05) is 0 Å². The molecule has 3 rings (SSSR count). The Kier molecular flexibility index (Phi) is 4.26. The molecule has 1 saturated heterocycles. The fourth-order valence-corrected chi connectivity index (χ4v) is 3.95. The molecule has 1 heterocycles. The molecule has 2 unspecified atom stereocenters. The SMILES string of the molecule is CCC1CNC(C)(CC)CN1c1cccc2c1CCCC2. The van der Waals surface area contributed by atoms with E-state index in [1.54, 1.807) is 11.1 Å². The van der Waals surface area contributed by atoms with Gasteiger partial charge in [-0.2, -0.15) is 0 Å². The van der Waals surface area contributed by atoms with Crippen molar-refractivity contribution >= 4 is 5.69 Å². The molecule has 1 fully saturated rings. The van der Waals surface area contributed by atoms with Crippen LogP contribution in [0.1, 0.15) is 57.6 Å². The molecule has 1 aromatic carbocycles. The van der Waals surface area contributed by atoms with Gasteiger partial charge in [0.25, 0.3) is 0 Å². The Balaban J connectivity index is 1.96. The molecule has 0 saturated carbocycles. The number of nitrogens with one attached hydrogen (secondary N) is 1. The second kappa shape index (κ2) is 6.00. The average Bonchev–Trinajstić information content (AvgIpc) is 2.54. The van der Waals surface area contributed by atoms with Crippen molar-refractivity contribution in [1.82, 2.24) is 5.32 Å². The standard InChI is InChI=1S/C19H30N2/c1-4-16-13-20-19(3,5-2)14-21(16)18-12-8-10-15-9-6-7-11-17(15)18/h8,10,12,16,20H,4-7,9,11,13-14H2,1-3H3. The Labute approximate surface area is 129 Å². The number of piperazine rings is 1. The molecule has 1 N–H and O–H groups in total. The van der Waals surface area contributed by atoms with Gasteiger partial charge in [-0.1, -0.05) is 26.0 Å².